The summed E-state index contributed by atoms with van der Waals surface area (Å²) in [5, 5.41) is 6.14. The van der Waals surface area contributed by atoms with Gasteiger partial charge < -0.3 is 31.5 Å². The number of amides is 3. The molecule has 2 atom stereocenters. The van der Waals surface area contributed by atoms with Gasteiger partial charge in [0.1, 0.15) is 6.04 Å². The predicted molar refractivity (Wildman–Crippen MR) is 163 cm³/mol. The van der Waals surface area contributed by atoms with Crippen molar-refractivity contribution >= 4 is 34.3 Å². The molecule has 0 saturated heterocycles. The minimum absolute atomic E-state index is 0.00422. The minimum atomic E-state index is -4.51. The average Bonchev–Trinajstić information content (AvgIpc) is 2.96. The van der Waals surface area contributed by atoms with E-state index in [0.29, 0.717) is 41.9 Å². The maximum Gasteiger partial charge on any atom is 0.416 e. The van der Waals surface area contributed by atoms with Gasteiger partial charge in [-0.3, -0.25) is 19.4 Å². The molecule has 3 amide bonds. The van der Waals surface area contributed by atoms with Gasteiger partial charge in [-0.1, -0.05) is 30.3 Å². The fourth-order valence-corrected chi connectivity index (χ4v) is 4.43. The number of nitrogens with one attached hydrogen (secondary N) is 2. The molecule has 0 saturated carbocycles. The summed E-state index contributed by atoms with van der Waals surface area (Å²) in [6.07, 6.45) is -3.11. The van der Waals surface area contributed by atoms with E-state index in [1.165, 1.54) is 18.3 Å². The van der Waals surface area contributed by atoms with E-state index in [-0.39, 0.29) is 25.2 Å². The Balaban J connectivity index is 1.71. The molecule has 0 bridgehead atoms. The molecule has 0 spiro atoms. The topological polar surface area (TPSA) is 143 Å². The van der Waals surface area contributed by atoms with Gasteiger partial charge in [-0.2, -0.15) is 13.2 Å². The highest BCUT2D eigenvalue weighted by molar-refractivity contribution is 5.99. The molecule has 0 aliphatic heterocycles. The van der Waals surface area contributed by atoms with Crippen molar-refractivity contribution in [1.82, 2.24) is 15.2 Å². The Hall–Kier alpha value is -4.07. The molecule has 2 aromatic carbocycles. The fourth-order valence-electron chi connectivity index (χ4n) is 4.43. The summed E-state index contributed by atoms with van der Waals surface area (Å²) in [5.74, 6) is -1.46. The number of fused-ring (bicyclic) bond motifs is 1. The van der Waals surface area contributed by atoms with Crippen molar-refractivity contribution in [3.63, 3.8) is 0 Å². The molecule has 1 aromatic heterocycles. The molecular weight excluding hydrogens is 575 g/mol. The number of alkyl halides is 3. The van der Waals surface area contributed by atoms with E-state index in [2.05, 4.69) is 15.6 Å². The highest BCUT2D eigenvalue weighted by Gasteiger charge is 2.31. The monoisotopic (exact) mass is 616 g/mol. The second-order valence-electron chi connectivity index (χ2n) is 11.7. The van der Waals surface area contributed by atoms with E-state index in [4.69, 9.17) is 11.5 Å². The minimum Gasteiger partial charge on any atom is -0.343 e. The van der Waals surface area contributed by atoms with E-state index < -0.39 is 35.6 Å². The number of hydrogen-bond acceptors (Lipinski definition) is 6. The number of nitrogens with zero attached hydrogens (tertiary/aromatic N) is 3. The molecule has 0 fully saturated rings. The smallest absolute Gasteiger partial charge is 0.343 e. The summed E-state index contributed by atoms with van der Waals surface area (Å²) in [4.78, 5) is 45.3. The number of likely N-dealkylation sites (N-methyl/N-ethyl adjacent to an activating group) is 1. The average molecular weight is 617 g/mol. The highest BCUT2D eigenvalue weighted by Crippen LogP contribution is 2.29. The third-order valence-corrected chi connectivity index (χ3v) is 7.01. The summed E-state index contributed by atoms with van der Waals surface area (Å²) in [6, 6.07) is 11.1. The number of rotatable bonds is 14. The number of carbonyl (C=O) groups is 3. The summed E-state index contributed by atoms with van der Waals surface area (Å²) < 4.78 is 39.9. The van der Waals surface area contributed by atoms with E-state index in [9.17, 15) is 27.6 Å². The zero-order chi connectivity index (χ0) is 32.5. The normalized spacial score (nSPS) is 13.3. The Morgan fingerprint density at radius 3 is 2.32 bits per heavy atom. The third-order valence-electron chi connectivity index (χ3n) is 7.01. The molecule has 13 heteroatoms. The van der Waals surface area contributed by atoms with E-state index in [1.807, 2.05) is 45.4 Å². The van der Waals surface area contributed by atoms with Crippen molar-refractivity contribution in [3.8, 4) is 0 Å². The molecule has 6 N–H and O–H groups in total. The van der Waals surface area contributed by atoms with Gasteiger partial charge in [0.15, 0.2) is 0 Å². The molecular formula is C31H41F3N7O3+. The molecule has 10 nitrogen and oxygen atoms in total. The van der Waals surface area contributed by atoms with Crippen LogP contribution in [0.5, 0.6) is 0 Å². The molecule has 0 unspecified atom stereocenters. The number of anilines is 1. The number of pyridine rings is 1. The molecule has 0 aliphatic carbocycles. The van der Waals surface area contributed by atoms with Gasteiger partial charge in [-0.15, -0.1) is 0 Å². The van der Waals surface area contributed by atoms with Crippen molar-refractivity contribution in [2.24, 2.45) is 11.5 Å². The van der Waals surface area contributed by atoms with Crippen LogP contribution < -0.4 is 22.1 Å². The van der Waals surface area contributed by atoms with Crippen molar-refractivity contribution in [2.75, 3.05) is 52.6 Å². The summed E-state index contributed by atoms with van der Waals surface area (Å²) >= 11 is 0. The van der Waals surface area contributed by atoms with Crippen LogP contribution in [0.4, 0.5) is 18.9 Å². The van der Waals surface area contributed by atoms with E-state index in [1.54, 1.807) is 11.0 Å². The fraction of sp³-hybridized carbons (Fsp3) is 0.419. The molecule has 1 heterocycles. The summed E-state index contributed by atoms with van der Waals surface area (Å²) in [6.45, 7) is 1.88. The standard InChI is InChI=1S/C31H40F3N7O3/c1-41(2,3)17-16-40(15-14-35)28(42)13-12-25(36)29(43)39-27(18-21-8-10-23(11-9-21)31(32,33)34)30(44)38-24-19-22-6-4-5-7-26(22)37-20-24/h4-11,19-20,25,27H,12-18,35-36H2,1-3H3,(H-,38,39,43,44)/p+1/t25-,27-/m0/s1. The maximum atomic E-state index is 13.4. The number of halogens is 3. The number of nitrogens with two attached hydrogens (primary N) is 2. The van der Waals surface area contributed by atoms with Gasteiger partial charge in [-0.25, -0.2) is 0 Å². The zero-order valence-corrected chi connectivity index (χ0v) is 25.2. The SMILES string of the molecule is C[N+](C)(C)CCN(CCN)C(=O)CC[C@H](N)C(=O)N[C@@H](Cc1ccc(C(F)(F)F)cc1)C(=O)Nc1cnc2ccccc2c1. The number of benzene rings is 2. The van der Waals surface area contributed by atoms with Gasteiger partial charge in [0.2, 0.25) is 17.7 Å². The Bertz CT molecular complexity index is 1430. The first-order valence-corrected chi connectivity index (χ1v) is 14.3. The van der Waals surface area contributed by atoms with Crippen LogP contribution in [0.1, 0.15) is 24.0 Å². The number of para-hydroxylation sites is 1. The van der Waals surface area contributed by atoms with Gasteiger partial charge in [0.05, 0.1) is 63.2 Å². The lowest BCUT2D eigenvalue weighted by atomic mass is 10.0. The largest absolute Gasteiger partial charge is 0.416 e. The second-order valence-corrected chi connectivity index (χ2v) is 11.7. The van der Waals surface area contributed by atoms with Crippen LogP contribution in [-0.4, -0.2) is 91.5 Å². The molecule has 0 radical (unpaired) electrons. The molecule has 0 aliphatic rings. The number of aromatic nitrogens is 1. The van der Waals surface area contributed by atoms with Crippen LogP contribution in [0.15, 0.2) is 60.8 Å². The maximum absolute atomic E-state index is 13.4. The zero-order valence-electron chi connectivity index (χ0n) is 25.2. The van der Waals surface area contributed by atoms with Crippen molar-refractivity contribution < 1.29 is 32.0 Å². The van der Waals surface area contributed by atoms with E-state index in [0.717, 1.165) is 23.0 Å². The summed E-state index contributed by atoms with van der Waals surface area (Å²) in [7, 11) is 6.04. The molecule has 44 heavy (non-hydrogen) atoms. The first-order valence-electron chi connectivity index (χ1n) is 14.3. The van der Waals surface area contributed by atoms with Gasteiger partial charge in [-0.05, 0) is 36.2 Å². The van der Waals surface area contributed by atoms with Crippen LogP contribution in [-0.2, 0) is 27.0 Å². The number of carbonyl (C=O) groups excluding carboxylic acids is 3. The van der Waals surface area contributed by atoms with Crippen LogP contribution >= 0.6 is 0 Å². The Kier molecular flexibility index (Phi) is 11.8. The predicted octanol–water partition coefficient (Wildman–Crippen LogP) is 2.52. The van der Waals surface area contributed by atoms with Crippen LogP contribution in [0.25, 0.3) is 10.9 Å². The lowest BCUT2D eigenvalue weighted by molar-refractivity contribution is -0.869. The number of quaternary nitrogens is 1. The summed E-state index contributed by atoms with van der Waals surface area (Å²) in [5.41, 5.74) is 12.5. The quantitative estimate of drug-likeness (QED) is 0.205. The molecule has 3 aromatic rings. The lowest BCUT2D eigenvalue weighted by Gasteiger charge is -2.29. The number of hydrogen-bond donors (Lipinski definition) is 4. The first kappa shape index (κ1) is 34.4. The van der Waals surface area contributed by atoms with Crippen LogP contribution in [0.2, 0.25) is 0 Å². The van der Waals surface area contributed by atoms with Crippen molar-refractivity contribution in [2.45, 2.75) is 37.5 Å². The van der Waals surface area contributed by atoms with Crippen molar-refractivity contribution in [1.29, 1.82) is 0 Å². The van der Waals surface area contributed by atoms with Gasteiger partial charge in [0.25, 0.3) is 0 Å². The van der Waals surface area contributed by atoms with Crippen LogP contribution in [0.3, 0.4) is 0 Å². The molecule has 3 rings (SSSR count). The first-order chi connectivity index (χ1) is 20.7. The Morgan fingerprint density at radius 2 is 1.68 bits per heavy atom. The van der Waals surface area contributed by atoms with Gasteiger partial charge in [0, 0.05) is 31.3 Å². The molecule has 238 valence electrons. The third kappa shape index (κ3) is 10.6. The van der Waals surface area contributed by atoms with Crippen LogP contribution in [0, 0.1) is 0 Å². The Labute approximate surface area is 255 Å². The lowest BCUT2D eigenvalue weighted by Crippen LogP contribution is -2.51. The second kappa shape index (κ2) is 15.1. The highest BCUT2D eigenvalue weighted by atomic mass is 19.4. The van der Waals surface area contributed by atoms with Crippen molar-refractivity contribution in [3.05, 3.63) is 71.9 Å². The Morgan fingerprint density at radius 1 is 1.00 bits per heavy atom. The van der Waals surface area contributed by atoms with Gasteiger partial charge >= 0.3 is 6.18 Å². The van der Waals surface area contributed by atoms with E-state index >= 15 is 0 Å².